The molecular weight excluding hydrogens is 228 g/mol. The predicted octanol–water partition coefficient (Wildman–Crippen LogP) is 2.38. The summed E-state index contributed by atoms with van der Waals surface area (Å²) < 4.78 is 5.32. The Kier molecular flexibility index (Phi) is 4.42. The Hall–Kier alpha value is -1.29. The lowest BCUT2D eigenvalue weighted by Crippen LogP contribution is -2.46. The molecule has 0 radical (unpaired) electrons. The first-order valence-electron chi connectivity index (χ1n) is 6.76. The van der Waals surface area contributed by atoms with Crippen molar-refractivity contribution in [3.63, 3.8) is 0 Å². The second-order valence-electron chi connectivity index (χ2n) is 5.12. The van der Waals surface area contributed by atoms with Crippen LogP contribution in [-0.4, -0.2) is 18.0 Å². The van der Waals surface area contributed by atoms with Crippen molar-refractivity contribution in [1.29, 1.82) is 0 Å². The van der Waals surface area contributed by atoms with Crippen molar-refractivity contribution >= 4 is 5.91 Å². The van der Waals surface area contributed by atoms with E-state index in [9.17, 15) is 4.79 Å². The average Bonchev–Trinajstić information content (AvgIpc) is 3.01. The zero-order chi connectivity index (χ0) is 13.0. The van der Waals surface area contributed by atoms with E-state index in [1.807, 2.05) is 26.0 Å². The summed E-state index contributed by atoms with van der Waals surface area (Å²) in [5.74, 6) is 0.941. The molecule has 1 aromatic heterocycles. The molecule has 1 amide bonds. The number of furan rings is 1. The highest BCUT2D eigenvalue weighted by Gasteiger charge is 2.22. The Labute approximate surface area is 108 Å². The summed E-state index contributed by atoms with van der Waals surface area (Å²) in [7, 11) is 0. The van der Waals surface area contributed by atoms with E-state index >= 15 is 0 Å². The summed E-state index contributed by atoms with van der Waals surface area (Å²) in [6.45, 7) is 3.89. The largest absolute Gasteiger partial charge is 0.468 e. The van der Waals surface area contributed by atoms with Crippen LogP contribution in [0.25, 0.3) is 0 Å². The molecule has 100 valence electrons. The fourth-order valence-electron chi connectivity index (χ4n) is 2.47. The summed E-state index contributed by atoms with van der Waals surface area (Å²) >= 11 is 0. The highest BCUT2D eigenvalue weighted by Crippen LogP contribution is 2.18. The van der Waals surface area contributed by atoms with Gasteiger partial charge in [0.05, 0.1) is 18.3 Å². The molecule has 2 atom stereocenters. The van der Waals surface area contributed by atoms with Crippen molar-refractivity contribution in [3.8, 4) is 0 Å². The first-order chi connectivity index (χ1) is 8.66. The van der Waals surface area contributed by atoms with Crippen LogP contribution in [0.3, 0.4) is 0 Å². The Morgan fingerprint density at radius 3 is 2.72 bits per heavy atom. The molecular formula is C14H22N2O2. The minimum atomic E-state index is -0.203. The normalized spacial score (nSPS) is 19.7. The zero-order valence-electron chi connectivity index (χ0n) is 11.1. The van der Waals surface area contributed by atoms with Gasteiger partial charge < -0.3 is 9.73 Å². The van der Waals surface area contributed by atoms with E-state index in [2.05, 4.69) is 10.6 Å². The predicted molar refractivity (Wildman–Crippen MR) is 70.1 cm³/mol. The Morgan fingerprint density at radius 1 is 1.39 bits per heavy atom. The van der Waals surface area contributed by atoms with Gasteiger partial charge in [-0.3, -0.25) is 10.1 Å². The van der Waals surface area contributed by atoms with E-state index < -0.39 is 0 Å². The van der Waals surface area contributed by atoms with Gasteiger partial charge in [-0.2, -0.15) is 0 Å². The van der Waals surface area contributed by atoms with Crippen molar-refractivity contribution in [1.82, 2.24) is 10.6 Å². The van der Waals surface area contributed by atoms with Crippen LogP contribution in [0.4, 0.5) is 0 Å². The SMILES string of the molecule is CC(NC(C)c1ccco1)C(=O)NC1CCCC1. The number of hydrogen-bond donors (Lipinski definition) is 2. The van der Waals surface area contributed by atoms with Gasteiger partial charge in [-0.15, -0.1) is 0 Å². The van der Waals surface area contributed by atoms with E-state index in [4.69, 9.17) is 4.42 Å². The van der Waals surface area contributed by atoms with Crippen LogP contribution in [0.1, 0.15) is 51.3 Å². The maximum atomic E-state index is 12.0. The minimum absolute atomic E-state index is 0.0457. The molecule has 2 rings (SSSR count). The molecule has 1 heterocycles. The second kappa shape index (κ2) is 6.05. The summed E-state index contributed by atoms with van der Waals surface area (Å²) in [5.41, 5.74) is 0. The fourth-order valence-corrected chi connectivity index (χ4v) is 2.47. The average molecular weight is 250 g/mol. The van der Waals surface area contributed by atoms with E-state index in [0.717, 1.165) is 18.6 Å². The molecule has 18 heavy (non-hydrogen) atoms. The molecule has 4 heteroatoms. The first-order valence-corrected chi connectivity index (χ1v) is 6.76. The van der Waals surface area contributed by atoms with E-state index in [1.165, 1.54) is 12.8 Å². The monoisotopic (exact) mass is 250 g/mol. The Balaban J connectivity index is 1.79. The molecule has 0 saturated heterocycles. The second-order valence-corrected chi connectivity index (χ2v) is 5.12. The van der Waals surface area contributed by atoms with Gasteiger partial charge in [0.2, 0.25) is 5.91 Å². The Bertz CT molecular complexity index is 369. The summed E-state index contributed by atoms with van der Waals surface area (Å²) in [6.07, 6.45) is 6.35. The third-order valence-electron chi connectivity index (χ3n) is 3.56. The quantitative estimate of drug-likeness (QED) is 0.843. The molecule has 1 saturated carbocycles. The molecule has 1 aliphatic carbocycles. The van der Waals surface area contributed by atoms with Gasteiger partial charge in [0, 0.05) is 6.04 Å². The van der Waals surface area contributed by atoms with Crippen molar-refractivity contribution < 1.29 is 9.21 Å². The van der Waals surface area contributed by atoms with Crippen molar-refractivity contribution in [2.24, 2.45) is 0 Å². The standard InChI is InChI=1S/C14H22N2O2/c1-10(13-8-5-9-18-13)15-11(2)14(17)16-12-6-3-4-7-12/h5,8-12,15H,3-4,6-7H2,1-2H3,(H,16,17). The van der Waals surface area contributed by atoms with Gasteiger partial charge in [-0.05, 0) is 38.8 Å². The number of carbonyl (C=O) groups excluding carboxylic acids is 1. The maximum absolute atomic E-state index is 12.0. The van der Waals surface area contributed by atoms with Gasteiger partial charge in [0.1, 0.15) is 5.76 Å². The molecule has 0 spiro atoms. The third-order valence-corrected chi connectivity index (χ3v) is 3.56. The molecule has 0 aromatic carbocycles. The van der Waals surface area contributed by atoms with Gasteiger partial charge in [0.15, 0.2) is 0 Å². The van der Waals surface area contributed by atoms with Crippen LogP contribution in [0.2, 0.25) is 0 Å². The molecule has 4 nitrogen and oxygen atoms in total. The van der Waals surface area contributed by atoms with Crippen LogP contribution in [-0.2, 0) is 4.79 Å². The lowest BCUT2D eigenvalue weighted by molar-refractivity contribution is -0.123. The fraction of sp³-hybridized carbons (Fsp3) is 0.643. The molecule has 2 unspecified atom stereocenters. The number of rotatable bonds is 5. The summed E-state index contributed by atoms with van der Waals surface area (Å²) in [5, 5.41) is 6.35. The van der Waals surface area contributed by atoms with Crippen molar-refractivity contribution in [2.45, 2.75) is 57.7 Å². The van der Waals surface area contributed by atoms with E-state index in [1.54, 1.807) is 6.26 Å². The zero-order valence-corrected chi connectivity index (χ0v) is 11.1. The van der Waals surface area contributed by atoms with Crippen LogP contribution < -0.4 is 10.6 Å². The molecule has 2 N–H and O–H groups in total. The molecule has 1 fully saturated rings. The highest BCUT2D eigenvalue weighted by atomic mass is 16.3. The summed E-state index contributed by atoms with van der Waals surface area (Å²) in [6, 6.07) is 3.99. The van der Waals surface area contributed by atoms with Gasteiger partial charge in [-0.25, -0.2) is 0 Å². The molecule has 0 bridgehead atoms. The van der Waals surface area contributed by atoms with E-state index in [0.29, 0.717) is 6.04 Å². The van der Waals surface area contributed by atoms with Crippen LogP contribution in [0.15, 0.2) is 22.8 Å². The number of amides is 1. The number of nitrogens with one attached hydrogen (secondary N) is 2. The lowest BCUT2D eigenvalue weighted by atomic mass is 10.2. The Morgan fingerprint density at radius 2 is 2.11 bits per heavy atom. The topological polar surface area (TPSA) is 54.3 Å². The molecule has 0 aliphatic heterocycles. The van der Waals surface area contributed by atoms with Crippen LogP contribution in [0.5, 0.6) is 0 Å². The first kappa shape index (κ1) is 13.1. The smallest absolute Gasteiger partial charge is 0.237 e. The van der Waals surface area contributed by atoms with Gasteiger partial charge in [-0.1, -0.05) is 12.8 Å². The molecule has 1 aliphatic rings. The maximum Gasteiger partial charge on any atom is 0.237 e. The minimum Gasteiger partial charge on any atom is -0.468 e. The van der Waals surface area contributed by atoms with Gasteiger partial charge >= 0.3 is 0 Å². The van der Waals surface area contributed by atoms with Crippen LogP contribution in [0, 0.1) is 0 Å². The number of carbonyl (C=O) groups is 1. The van der Waals surface area contributed by atoms with Gasteiger partial charge in [0.25, 0.3) is 0 Å². The summed E-state index contributed by atoms with van der Waals surface area (Å²) in [4.78, 5) is 12.0. The third kappa shape index (κ3) is 3.35. The van der Waals surface area contributed by atoms with E-state index in [-0.39, 0.29) is 18.0 Å². The lowest BCUT2D eigenvalue weighted by Gasteiger charge is -2.20. The van der Waals surface area contributed by atoms with Crippen molar-refractivity contribution in [2.75, 3.05) is 0 Å². The number of hydrogen-bond acceptors (Lipinski definition) is 3. The molecule has 1 aromatic rings. The van der Waals surface area contributed by atoms with Crippen LogP contribution >= 0.6 is 0 Å². The van der Waals surface area contributed by atoms with Crippen molar-refractivity contribution in [3.05, 3.63) is 24.2 Å². The highest BCUT2D eigenvalue weighted by molar-refractivity contribution is 5.81.